The van der Waals surface area contributed by atoms with Gasteiger partial charge in [-0.05, 0) is 31.2 Å². The average Bonchev–Trinajstić information content (AvgIpc) is 2.73. The van der Waals surface area contributed by atoms with E-state index in [1.807, 2.05) is 0 Å². The molecule has 2 aromatic carbocycles. The first-order chi connectivity index (χ1) is 14.3. The number of para-hydroxylation sites is 1. The number of H-pyrrole nitrogens is 1. The van der Waals surface area contributed by atoms with Gasteiger partial charge in [0.25, 0.3) is 5.56 Å². The first-order valence-corrected chi connectivity index (χ1v) is 8.79. The Hall–Kier alpha value is -4.08. The van der Waals surface area contributed by atoms with E-state index < -0.39 is 23.3 Å². The first-order valence-electron chi connectivity index (χ1n) is 8.79. The highest BCUT2D eigenvalue weighted by molar-refractivity contribution is 5.83. The van der Waals surface area contributed by atoms with Gasteiger partial charge >= 0.3 is 11.7 Å². The Morgan fingerprint density at radius 1 is 1.17 bits per heavy atom. The summed E-state index contributed by atoms with van der Waals surface area (Å²) in [4.78, 5) is 38.5. The number of aliphatic carboxylic acids is 1. The van der Waals surface area contributed by atoms with Crippen LogP contribution in [0.2, 0.25) is 0 Å². The molecule has 0 spiro atoms. The molecule has 0 radical (unpaired) electrons. The van der Waals surface area contributed by atoms with E-state index >= 15 is 0 Å². The predicted molar refractivity (Wildman–Crippen MR) is 109 cm³/mol. The van der Waals surface area contributed by atoms with Gasteiger partial charge in [-0.15, -0.1) is 4.68 Å². The maximum absolute atomic E-state index is 12.6. The van der Waals surface area contributed by atoms with Crippen LogP contribution in [0.5, 0.6) is 17.2 Å². The van der Waals surface area contributed by atoms with Crippen LogP contribution < -0.4 is 25.5 Å². The Kier molecular flexibility index (Phi) is 5.86. The maximum atomic E-state index is 12.6. The van der Waals surface area contributed by atoms with Crippen LogP contribution in [0.3, 0.4) is 0 Å². The molecule has 0 aliphatic rings. The number of rotatable bonds is 7. The standard InChI is InChI=1S/C20H19N3O7/c1-11(19(25)26)30-17-15(28-2)8-12(9-16(17)29-3)10-21-23-18(24)13-6-4-5-7-14(13)22-20(23)27/h4-11H,1-3H3,(H,22,27)(H,25,26). The van der Waals surface area contributed by atoms with Crippen LogP contribution >= 0.6 is 0 Å². The van der Waals surface area contributed by atoms with E-state index in [1.54, 1.807) is 24.3 Å². The van der Waals surface area contributed by atoms with Crippen LogP contribution in [0, 0.1) is 0 Å². The van der Waals surface area contributed by atoms with Crippen LogP contribution in [0.25, 0.3) is 10.9 Å². The number of carbonyl (C=O) groups is 1. The Labute approximate surface area is 169 Å². The van der Waals surface area contributed by atoms with E-state index in [4.69, 9.17) is 19.3 Å². The Morgan fingerprint density at radius 2 is 1.80 bits per heavy atom. The fourth-order valence-corrected chi connectivity index (χ4v) is 2.70. The maximum Gasteiger partial charge on any atom is 0.349 e. The van der Waals surface area contributed by atoms with E-state index in [2.05, 4.69) is 10.1 Å². The minimum absolute atomic E-state index is 0.104. The van der Waals surface area contributed by atoms with E-state index in [-0.39, 0.29) is 17.2 Å². The summed E-state index contributed by atoms with van der Waals surface area (Å²) in [5, 5.41) is 13.4. The van der Waals surface area contributed by atoms with Gasteiger partial charge in [0, 0.05) is 5.56 Å². The molecule has 0 fully saturated rings. The van der Waals surface area contributed by atoms with Gasteiger partial charge in [-0.2, -0.15) is 5.10 Å². The van der Waals surface area contributed by atoms with Gasteiger partial charge in [0.2, 0.25) is 5.75 Å². The summed E-state index contributed by atoms with van der Waals surface area (Å²) in [6.07, 6.45) is 0.142. The summed E-state index contributed by atoms with van der Waals surface area (Å²) < 4.78 is 16.7. The van der Waals surface area contributed by atoms with Crippen LogP contribution in [-0.4, -0.2) is 47.3 Å². The first kappa shape index (κ1) is 20.6. The molecule has 0 saturated carbocycles. The Bertz CT molecular complexity index is 1220. The lowest BCUT2D eigenvalue weighted by molar-refractivity contribution is -0.144. The number of nitrogens with one attached hydrogen (secondary N) is 1. The van der Waals surface area contributed by atoms with Crippen molar-refractivity contribution < 1.29 is 24.1 Å². The third-order valence-electron chi connectivity index (χ3n) is 4.23. The number of aromatic amines is 1. The highest BCUT2D eigenvalue weighted by Gasteiger charge is 2.20. The largest absolute Gasteiger partial charge is 0.493 e. The molecule has 1 unspecified atom stereocenters. The molecule has 3 aromatic rings. The summed E-state index contributed by atoms with van der Waals surface area (Å²) in [7, 11) is 2.76. The molecular weight excluding hydrogens is 394 g/mol. The molecule has 0 bridgehead atoms. The highest BCUT2D eigenvalue weighted by Crippen LogP contribution is 2.38. The van der Waals surface area contributed by atoms with Crippen LogP contribution in [0.1, 0.15) is 12.5 Å². The molecule has 1 heterocycles. The van der Waals surface area contributed by atoms with E-state index in [0.29, 0.717) is 21.1 Å². The van der Waals surface area contributed by atoms with E-state index in [9.17, 15) is 14.4 Å². The van der Waals surface area contributed by atoms with Crippen molar-refractivity contribution >= 4 is 23.1 Å². The normalized spacial score (nSPS) is 12.1. The van der Waals surface area contributed by atoms with Gasteiger partial charge < -0.3 is 24.3 Å². The van der Waals surface area contributed by atoms with Crippen molar-refractivity contribution in [2.45, 2.75) is 13.0 Å². The number of benzene rings is 2. The molecule has 0 saturated heterocycles. The fourth-order valence-electron chi connectivity index (χ4n) is 2.70. The zero-order valence-electron chi connectivity index (χ0n) is 16.4. The third kappa shape index (κ3) is 4.02. The van der Waals surface area contributed by atoms with E-state index in [0.717, 1.165) is 0 Å². The number of fused-ring (bicyclic) bond motifs is 1. The monoisotopic (exact) mass is 413 g/mol. The Balaban J connectivity index is 2.04. The van der Waals surface area contributed by atoms with Crippen molar-refractivity contribution in [3.63, 3.8) is 0 Å². The molecule has 10 heteroatoms. The van der Waals surface area contributed by atoms with Crippen molar-refractivity contribution in [2.75, 3.05) is 14.2 Å². The molecule has 30 heavy (non-hydrogen) atoms. The lowest BCUT2D eigenvalue weighted by Crippen LogP contribution is -2.32. The summed E-state index contributed by atoms with van der Waals surface area (Å²) in [6, 6.07) is 9.62. The fraction of sp³-hybridized carbons (Fsp3) is 0.200. The van der Waals surface area contributed by atoms with Crippen LogP contribution in [-0.2, 0) is 4.79 Å². The number of nitrogens with zero attached hydrogens (tertiary/aromatic N) is 2. The number of ether oxygens (including phenoxy) is 3. The van der Waals surface area contributed by atoms with Gasteiger partial charge in [-0.1, -0.05) is 12.1 Å². The lowest BCUT2D eigenvalue weighted by atomic mass is 10.2. The third-order valence-corrected chi connectivity index (χ3v) is 4.23. The van der Waals surface area contributed by atoms with Gasteiger partial charge in [0.1, 0.15) is 0 Å². The van der Waals surface area contributed by atoms with Crippen molar-refractivity contribution in [3.8, 4) is 17.2 Å². The predicted octanol–water partition coefficient (Wildman–Crippen LogP) is 1.44. The molecular formula is C20H19N3O7. The second-order valence-corrected chi connectivity index (χ2v) is 6.19. The number of carboxylic acids is 1. The smallest absolute Gasteiger partial charge is 0.349 e. The van der Waals surface area contributed by atoms with E-state index in [1.165, 1.54) is 39.5 Å². The SMILES string of the molecule is COc1cc(C=Nn2c(=O)[nH]c3ccccc3c2=O)cc(OC)c1OC(C)C(=O)O. The topological polar surface area (TPSA) is 132 Å². The number of methoxy groups -OCH3 is 2. The molecule has 1 atom stereocenters. The zero-order chi connectivity index (χ0) is 21.8. The number of aromatic nitrogens is 2. The molecule has 156 valence electrons. The number of carboxylic acid groups (broad SMARTS) is 1. The van der Waals surface area contributed by atoms with Gasteiger partial charge in [0.05, 0.1) is 31.3 Å². The highest BCUT2D eigenvalue weighted by atomic mass is 16.6. The van der Waals surface area contributed by atoms with Crippen LogP contribution in [0.15, 0.2) is 51.1 Å². The summed E-state index contributed by atoms with van der Waals surface area (Å²) in [5.74, 6) is -0.653. The number of hydrogen-bond donors (Lipinski definition) is 2. The van der Waals surface area contributed by atoms with Crippen molar-refractivity contribution in [2.24, 2.45) is 5.10 Å². The lowest BCUT2D eigenvalue weighted by Gasteiger charge is -2.17. The van der Waals surface area contributed by atoms with Crippen LogP contribution in [0.4, 0.5) is 0 Å². The van der Waals surface area contributed by atoms with Crippen molar-refractivity contribution in [3.05, 3.63) is 62.8 Å². The zero-order valence-corrected chi connectivity index (χ0v) is 16.4. The average molecular weight is 413 g/mol. The van der Waals surface area contributed by atoms with Gasteiger partial charge in [0.15, 0.2) is 17.6 Å². The molecule has 3 rings (SSSR count). The molecule has 1 aromatic heterocycles. The quantitative estimate of drug-likeness (QED) is 0.560. The minimum atomic E-state index is -1.15. The summed E-state index contributed by atoms with van der Waals surface area (Å²) in [5.41, 5.74) is -0.418. The second kappa shape index (κ2) is 8.52. The van der Waals surface area contributed by atoms with Gasteiger partial charge in [-0.25, -0.2) is 9.59 Å². The second-order valence-electron chi connectivity index (χ2n) is 6.19. The molecule has 0 aliphatic carbocycles. The van der Waals surface area contributed by atoms with Gasteiger partial charge in [-0.3, -0.25) is 4.79 Å². The Morgan fingerprint density at radius 3 is 2.40 bits per heavy atom. The minimum Gasteiger partial charge on any atom is -0.493 e. The molecule has 0 aliphatic heterocycles. The number of hydrogen-bond acceptors (Lipinski definition) is 7. The summed E-state index contributed by atoms with van der Waals surface area (Å²) in [6.45, 7) is 1.37. The molecule has 10 nitrogen and oxygen atoms in total. The molecule has 0 amide bonds. The van der Waals surface area contributed by atoms with Crippen molar-refractivity contribution in [1.82, 2.24) is 9.66 Å². The van der Waals surface area contributed by atoms with Crippen molar-refractivity contribution in [1.29, 1.82) is 0 Å². The summed E-state index contributed by atoms with van der Waals surface area (Å²) >= 11 is 0. The molecule has 2 N–H and O–H groups in total.